The molecule has 5 nitrogen and oxygen atoms in total. The lowest BCUT2D eigenvalue weighted by atomic mass is 10.0. The van der Waals surface area contributed by atoms with Crippen LogP contribution in [0, 0.1) is 0 Å². The van der Waals surface area contributed by atoms with Crippen molar-refractivity contribution < 1.29 is 4.42 Å². The lowest BCUT2D eigenvalue weighted by Gasteiger charge is -2.14. The standard InChI is InChI=1S/C57H34N4O/c1-3-12-35(13-4-1)36-22-24-39(25-23-36)56-58-55(38-15-5-2-6-16-38)59-57(60-56)42-27-30-51-48(33-42)53-45-20-11-21-49(44(45)29-31-52(53)62-51)61-50-34-41-18-8-7-17-40(41)32-47(50)46-28-26-37-14-9-10-19-43(37)54(46)61/h1-34H. The maximum atomic E-state index is 6.60. The maximum Gasteiger partial charge on any atom is 0.164 e. The molecule has 0 aliphatic carbocycles. The summed E-state index contributed by atoms with van der Waals surface area (Å²) in [5.74, 6) is 1.84. The summed E-state index contributed by atoms with van der Waals surface area (Å²) in [5.41, 5.74) is 10.2. The highest BCUT2D eigenvalue weighted by atomic mass is 16.3. The smallest absolute Gasteiger partial charge is 0.164 e. The van der Waals surface area contributed by atoms with E-state index in [9.17, 15) is 0 Å². The molecule has 13 rings (SSSR count). The molecule has 0 amide bonds. The van der Waals surface area contributed by atoms with Crippen molar-refractivity contribution in [2.45, 2.75) is 0 Å². The summed E-state index contributed by atoms with van der Waals surface area (Å²) in [6.07, 6.45) is 0. The molecule has 288 valence electrons. The Morgan fingerprint density at radius 2 is 0.887 bits per heavy atom. The van der Waals surface area contributed by atoms with Crippen molar-refractivity contribution in [3.05, 3.63) is 206 Å². The third-order valence-electron chi connectivity index (χ3n) is 12.4. The summed E-state index contributed by atoms with van der Waals surface area (Å²) in [4.78, 5) is 15.2. The summed E-state index contributed by atoms with van der Waals surface area (Å²) in [6, 6.07) is 72.8. The molecule has 0 radical (unpaired) electrons. The van der Waals surface area contributed by atoms with Gasteiger partial charge >= 0.3 is 0 Å². The van der Waals surface area contributed by atoms with Gasteiger partial charge in [-0.2, -0.15) is 0 Å². The summed E-state index contributed by atoms with van der Waals surface area (Å²) in [6.45, 7) is 0. The van der Waals surface area contributed by atoms with E-state index in [2.05, 4.69) is 168 Å². The number of benzene rings is 10. The van der Waals surface area contributed by atoms with Crippen LogP contribution in [0.1, 0.15) is 0 Å². The molecule has 0 saturated heterocycles. The van der Waals surface area contributed by atoms with Gasteiger partial charge in [0.25, 0.3) is 0 Å². The number of nitrogens with zero attached hydrogens (tertiary/aromatic N) is 4. The summed E-state index contributed by atoms with van der Waals surface area (Å²) < 4.78 is 9.08. The number of aromatic nitrogens is 4. The first-order chi connectivity index (χ1) is 30.7. The predicted octanol–water partition coefficient (Wildman–Crippen LogP) is 15.0. The van der Waals surface area contributed by atoms with E-state index in [4.69, 9.17) is 19.4 Å². The highest BCUT2D eigenvalue weighted by molar-refractivity contribution is 6.24. The minimum atomic E-state index is 0.600. The van der Waals surface area contributed by atoms with Crippen molar-refractivity contribution >= 4 is 76.1 Å². The maximum absolute atomic E-state index is 6.60. The van der Waals surface area contributed by atoms with E-state index in [1.165, 1.54) is 43.4 Å². The Hall–Kier alpha value is -8.41. The molecular weight excluding hydrogens is 757 g/mol. The summed E-state index contributed by atoms with van der Waals surface area (Å²) >= 11 is 0. The molecule has 62 heavy (non-hydrogen) atoms. The van der Waals surface area contributed by atoms with Gasteiger partial charge in [0.1, 0.15) is 11.2 Å². The van der Waals surface area contributed by atoms with Gasteiger partial charge in [0.15, 0.2) is 17.5 Å². The molecule has 13 aromatic rings. The lowest BCUT2D eigenvalue weighted by Crippen LogP contribution is -2.00. The monoisotopic (exact) mass is 790 g/mol. The van der Waals surface area contributed by atoms with Crippen LogP contribution in [0.15, 0.2) is 211 Å². The van der Waals surface area contributed by atoms with E-state index in [1.807, 2.05) is 42.5 Å². The molecule has 0 aliphatic heterocycles. The highest BCUT2D eigenvalue weighted by Crippen LogP contribution is 2.43. The zero-order valence-corrected chi connectivity index (χ0v) is 33.3. The van der Waals surface area contributed by atoms with Crippen molar-refractivity contribution in [2.24, 2.45) is 0 Å². The van der Waals surface area contributed by atoms with Gasteiger partial charge in [-0.3, -0.25) is 0 Å². The van der Waals surface area contributed by atoms with E-state index in [0.717, 1.165) is 66.2 Å². The van der Waals surface area contributed by atoms with Gasteiger partial charge in [-0.25, -0.2) is 15.0 Å². The van der Waals surface area contributed by atoms with Crippen molar-refractivity contribution in [1.82, 2.24) is 19.5 Å². The van der Waals surface area contributed by atoms with Crippen LogP contribution in [0.5, 0.6) is 0 Å². The molecule has 0 spiro atoms. The molecular formula is C57H34N4O. The first-order valence-electron chi connectivity index (χ1n) is 20.9. The van der Waals surface area contributed by atoms with E-state index < -0.39 is 0 Å². The van der Waals surface area contributed by atoms with Crippen LogP contribution in [0.4, 0.5) is 0 Å². The van der Waals surface area contributed by atoms with Crippen molar-refractivity contribution in [1.29, 1.82) is 0 Å². The number of fused-ring (bicyclic) bond motifs is 11. The van der Waals surface area contributed by atoms with Crippen LogP contribution >= 0.6 is 0 Å². The Kier molecular flexibility index (Phi) is 7.54. The van der Waals surface area contributed by atoms with Gasteiger partial charge in [0.05, 0.1) is 16.7 Å². The van der Waals surface area contributed by atoms with Crippen molar-refractivity contribution in [3.63, 3.8) is 0 Å². The topological polar surface area (TPSA) is 56.7 Å². The molecule has 0 aliphatic rings. The molecule has 3 aromatic heterocycles. The minimum Gasteiger partial charge on any atom is -0.456 e. The zero-order valence-electron chi connectivity index (χ0n) is 33.3. The van der Waals surface area contributed by atoms with Gasteiger partial charge in [-0.15, -0.1) is 0 Å². The normalized spacial score (nSPS) is 11.9. The number of hydrogen-bond donors (Lipinski definition) is 0. The fraction of sp³-hybridized carbons (Fsp3) is 0. The second-order valence-electron chi connectivity index (χ2n) is 16.0. The fourth-order valence-corrected chi connectivity index (χ4v) is 9.46. The lowest BCUT2D eigenvalue weighted by molar-refractivity contribution is 0.669. The van der Waals surface area contributed by atoms with Crippen LogP contribution in [0.25, 0.3) is 127 Å². The van der Waals surface area contributed by atoms with Crippen molar-refractivity contribution in [3.8, 4) is 51.0 Å². The molecule has 3 heterocycles. The molecule has 0 atom stereocenters. The van der Waals surface area contributed by atoms with E-state index in [-0.39, 0.29) is 0 Å². The predicted molar refractivity (Wildman–Crippen MR) is 256 cm³/mol. The highest BCUT2D eigenvalue weighted by Gasteiger charge is 2.20. The average molecular weight is 791 g/mol. The van der Waals surface area contributed by atoms with Gasteiger partial charge < -0.3 is 8.98 Å². The van der Waals surface area contributed by atoms with Gasteiger partial charge in [-0.1, -0.05) is 158 Å². The molecule has 0 N–H and O–H groups in total. The Morgan fingerprint density at radius 3 is 1.66 bits per heavy atom. The molecule has 0 saturated carbocycles. The van der Waals surface area contributed by atoms with E-state index >= 15 is 0 Å². The molecule has 0 fully saturated rings. The summed E-state index contributed by atoms with van der Waals surface area (Å²) in [7, 11) is 0. The Bertz CT molecular complexity index is 3910. The largest absolute Gasteiger partial charge is 0.456 e. The first kappa shape index (κ1) is 34.5. The van der Waals surface area contributed by atoms with Gasteiger partial charge in [0.2, 0.25) is 0 Å². The van der Waals surface area contributed by atoms with Crippen LogP contribution < -0.4 is 0 Å². The Balaban J connectivity index is 1.02. The van der Waals surface area contributed by atoms with E-state index in [0.29, 0.717) is 17.5 Å². The zero-order chi connectivity index (χ0) is 40.7. The third-order valence-corrected chi connectivity index (χ3v) is 12.4. The third kappa shape index (κ3) is 5.38. The molecule has 0 bridgehead atoms. The van der Waals surface area contributed by atoms with Crippen LogP contribution in [0.3, 0.4) is 0 Å². The van der Waals surface area contributed by atoms with E-state index in [1.54, 1.807) is 0 Å². The molecule has 5 heteroatoms. The van der Waals surface area contributed by atoms with Crippen molar-refractivity contribution in [2.75, 3.05) is 0 Å². The number of rotatable bonds is 5. The SMILES string of the molecule is c1ccc(-c2ccc(-c3nc(-c4ccccc4)nc(-c4ccc5oc6ccc7c(-n8c9cc%10ccccc%10cc9c9ccc%10ccccc%10c98)cccc7c6c5c4)n3)cc2)cc1. The molecule has 10 aromatic carbocycles. The van der Waals surface area contributed by atoms with Crippen LogP contribution in [-0.4, -0.2) is 19.5 Å². The first-order valence-corrected chi connectivity index (χ1v) is 20.9. The van der Waals surface area contributed by atoms with Crippen LogP contribution in [0.2, 0.25) is 0 Å². The average Bonchev–Trinajstić information content (AvgIpc) is 3.89. The summed E-state index contributed by atoms with van der Waals surface area (Å²) in [5, 5.41) is 11.7. The second kappa shape index (κ2) is 13.6. The number of furan rings is 1. The quantitative estimate of drug-likeness (QED) is 0.174. The minimum absolute atomic E-state index is 0.600. The second-order valence-corrected chi connectivity index (χ2v) is 16.0. The Labute approximate surface area is 355 Å². The van der Waals surface area contributed by atoms with Crippen LogP contribution in [-0.2, 0) is 0 Å². The van der Waals surface area contributed by atoms with Gasteiger partial charge in [-0.05, 0) is 81.2 Å². The van der Waals surface area contributed by atoms with Gasteiger partial charge in [0, 0.05) is 49.0 Å². The number of hydrogen-bond acceptors (Lipinski definition) is 4. The molecule has 0 unspecified atom stereocenters. The Morgan fingerprint density at radius 1 is 0.323 bits per heavy atom. The fourth-order valence-electron chi connectivity index (χ4n) is 9.46.